The summed E-state index contributed by atoms with van der Waals surface area (Å²) in [5, 5.41) is 3.84. The highest BCUT2D eigenvalue weighted by atomic mass is 19.4. The summed E-state index contributed by atoms with van der Waals surface area (Å²) in [4.78, 5) is 11.0. The van der Waals surface area contributed by atoms with E-state index < -0.39 is 12.0 Å². The average Bonchev–Trinajstić information content (AvgIpc) is 2.44. The van der Waals surface area contributed by atoms with Gasteiger partial charge >= 0.3 is 6.18 Å². The van der Waals surface area contributed by atoms with Crippen LogP contribution < -0.4 is 0 Å². The van der Waals surface area contributed by atoms with E-state index in [0.29, 0.717) is 0 Å². The molecule has 0 aliphatic carbocycles. The predicted octanol–water partition coefficient (Wildman–Crippen LogP) is 2.29. The molecule has 0 bridgehead atoms. The first kappa shape index (κ1) is 11.7. The minimum atomic E-state index is -4.84. The van der Waals surface area contributed by atoms with Crippen LogP contribution in [0.5, 0.6) is 0 Å². The first-order chi connectivity index (χ1) is 6.73. The molecule has 0 aliphatic heterocycles. The molecule has 0 atom stereocenters. The van der Waals surface area contributed by atoms with Crippen molar-refractivity contribution in [2.24, 2.45) is 7.05 Å². The van der Waals surface area contributed by atoms with E-state index in [9.17, 15) is 18.0 Å². The lowest BCUT2D eigenvalue weighted by atomic mass is 10.0. The monoisotopic (exact) mass is 220 g/mol. The Bertz CT molecular complexity index is 379. The van der Waals surface area contributed by atoms with Crippen molar-refractivity contribution in [3.05, 3.63) is 17.5 Å². The molecule has 0 radical (unpaired) electrons. The number of carbonyl (C=O) groups is 1. The standard InChI is InChI=1S/C9H11F3N2O/c1-5(2)7-6(4-14(3)13-7)8(15)9(10,11)12/h4-5H,1-3H3. The van der Waals surface area contributed by atoms with Gasteiger partial charge in [-0.3, -0.25) is 9.48 Å². The first-order valence-electron chi connectivity index (χ1n) is 4.38. The largest absolute Gasteiger partial charge is 0.454 e. The molecule has 0 unspecified atom stereocenters. The van der Waals surface area contributed by atoms with Crippen molar-refractivity contribution in [1.29, 1.82) is 0 Å². The number of aromatic nitrogens is 2. The second-order valence-electron chi connectivity index (χ2n) is 3.58. The third-order valence-electron chi connectivity index (χ3n) is 1.91. The molecule has 0 saturated carbocycles. The minimum absolute atomic E-state index is 0.180. The number of alkyl halides is 3. The lowest BCUT2D eigenvalue weighted by Gasteiger charge is -2.06. The fourth-order valence-corrected chi connectivity index (χ4v) is 1.26. The van der Waals surface area contributed by atoms with Gasteiger partial charge in [-0.05, 0) is 5.92 Å². The molecule has 3 nitrogen and oxygen atoms in total. The van der Waals surface area contributed by atoms with E-state index >= 15 is 0 Å². The summed E-state index contributed by atoms with van der Waals surface area (Å²) in [7, 11) is 1.49. The maximum absolute atomic E-state index is 12.2. The number of rotatable bonds is 2. The topological polar surface area (TPSA) is 34.9 Å². The van der Waals surface area contributed by atoms with Crippen molar-refractivity contribution >= 4 is 5.78 Å². The Morgan fingerprint density at radius 2 is 2.00 bits per heavy atom. The van der Waals surface area contributed by atoms with Crippen LogP contribution in [0.1, 0.15) is 35.8 Å². The van der Waals surface area contributed by atoms with Crippen LogP contribution >= 0.6 is 0 Å². The molecule has 0 saturated heterocycles. The summed E-state index contributed by atoms with van der Waals surface area (Å²) >= 11 is 0. The van der Waals surface area contributed by atoms with E-state index in [1.165, 1.54) is 11.7 Å². The smallest absolute Gasteiger partial charge is 0.284 e. The number of hydrogen-bond donors (Lipinski definition) is 0. The van der Waals surface area contributed by atoms with E-state index in [-0.39, 0.29) is 17.2 Å². The second-order valence-corrected chi connectivity index (χ2v) is 3.58. The summed E-state index contributed by atoms with van der Waals surface area (Å²) in [5.41, 5.74) is -0.181. The van der Waals surface area contributed by atoms with Crippen LogP contribution in [0.2, 0.25) is 0 Å². The SMILES string of the molecule is CC(C)c1nn(C)cc1C(=O)C(F)(F)F. The van der Waals surface area contributed by atoms with E-state index in [1.807, 2.05) is 0 Å². The van der Waals surface area contributed by atoms with Gasteiger partial charge in [-0.25, -0.2) is 0 Å². The third-order valence-corrected chi connectivity index (χ3v) is 1.91. The Labute approximate surface area is 84.9 Å². The second kappa shape index (κ2) is 3.67. The van der Waals surface area contributed by atoms with Crippen molar-refractivity contribution in [1.82, 2.24) is 9.78 Å². The predicted molar refractivity (Wildman–Crippen MR) is 47.7 cm³/mol. The molecule has 0 amide bonds. The zero-order valence-electron chi connectivity index (χ0n) is 8.59. The molecule has 1 heterocycles. The molecule has 1 aromatic heterocycles. The molecular weight excluding hydrogens is 209 g/mol. The summed E-state index contributed by atoms with van der Waals surface area (Å²) in [6, 6.07) is 0. The van der Waals surface area contributed by atoms with Gasteiger partial charge in [0.05, 0.1) is 11.3 Å². The van der Waals surface area contributed by atoms with Gasteiger partial charge in [0, 0.05) is 13.2 Å². The molecule has 0 aromatic carbocycles. The zero-order chi connectivity index (χ0) is 11.8. The fourth-order valence-electron chi connectivity index (χ4n) is 1.26. The molecule has 0 fully saturated rings. The van der Waals surface area contributed by atoms with Crippen LogP contribution in [0.15, 0.2) is 6.20 Å². The van der Waals surface area contributed by atoms with Crippen LogP contribution in [0.25, 0.3) is 0 Å². The lowest BCUT2D eigenvalue weighted by molar-refractivity contribution is -0.0885. The van der Waals surface area contributed by atoms with Crippen LogP contribution in [0.4, 0.5) is 13.2 Å². The van der Waals surface area contributed by atoms with E-state index in [2.05, 4.69) is 5.10 Å². The van der Waals surface area contributed by atoms with Gasteiger partial charge in [-0.1, -0.05) is 13.8 Å². The van der Waals surface area contributed by atoms with Crippen LogP contribution in [0.3, 0.4) is 0 Å². The van der Waals surface area contributed by atoms with Gasteiger partial charge in [-0.2, -0.15) is 18.3 Å². The van der Waals surface area contributed by atoms with Gasteiger partial charge in [0.15, 0.2) is 0 Å². The molecule has 84 valence electrons. The third kappa shape index (κ3) is 2.37. The highest BCUT2D eigenvalue weighted by molar-refractivity contribution is 6.01. The van der Waals surface area contributed by atoms with Gasteiger partial charge in [-0.15, -0.1) is 0 Å². The van der Waals surface area contributed by atoms with Crippen LogP contribution in [-0.2, 0) is 7.05 Å². The van der Waals surface area contributed by atoms with E-state index in [4.69, 9.17) is 0 Å². The summed E-state index contributed by atoms with van der Waals surface area (Å²) in [5.74, 6) is -2.05. The molecule has 0 aliphatic rings. The molecule has 1 aromatic rings. The quantitative estimate of drug-likeness (QED) is 0.717. The Balaban J connectivity index is 3.20. The minimum Gasteiger partial charge on any atom is -0.284 e. The van der Waals surface area contributed by atoms with Gasteiger partial charge in [0.25, 0.3) is 5.78 Å². The Hall–Kier alpha value is -1.33. The van der Waals surface area contributed by atoms with Crippen LogP contribution in [-0.4, -0.2) is 21.7 Å². The summed E-state index contributed by atoms with van der Waals surface area (Å²) < 4.78 is 37.8. The number of halogens is 3. The van der Waals surface area contributed by atoms with Crippen molar-refractivity contribution in [3.63, 3.8) is 0 Å². The van der Waals surface area contributed by atoms with E-state index in [0.717, 1.165) is 6.20 Å². The number of nitrogens with zero attached hydrogens (tertiary/aromatic N) is 2. The first-order valence-corrected chi connectivity index (χ1v) is 4.38. The molecule has 15 heavy (non-hydrogen) atoms. The van der Waals surface area contributed by atoms with Gasteiger partial charge in [0.1, 0.15) is 0 Å². The number of Topliss-reactive ketones (excluding diaryl/α,β-unsaturated/α-hetero) is 1. The van der Waals surface area contributed by atoms with Crippen molar-refractivity contribution in [3.8, 4) is 0 Å². The molecule has 1 rings (SSSR count). The molecule has 0 N–H and O–H groups in total. The van der Waals surface area contributed by atoms with Crippen molar-refractivity contribution in [2.45, 2.75) is 25.9 Å². The lowest BCUT2D eigenvalue weighted by Crippen LogP contribution is -2.23. The fraction of sp³-hybridized carbons (Fsp3) is 0.556. The summed E-state index contributed by atoms with van der Waals surface area (Å²) in [6.45, 7) is 3.38. The maximum atomic E-state index is 12.2. The van der Waals surface area contributed by atoms with Crippen LogP contribution in [0, 0.1) is 0 Å². The van der Waals surface area contributed by atoms with E-state index in [1.54, 1.807) is 13.8 Å². The molecular formula is C9H11F3N2O. The van der Waals surface area contributed by atoms with Crippen molar-refractivity contribution in [2.75, 3.05) is 0 Å². The van der Waals surface area contributed by atoms with Gasteiger partial charge in [0.2, 0.25) is 0 Å². The average molecular weight is 220 g/mol. The van der Waals surface area contributed by atoms with Gasteiger partial charge < -0.3 is 0 Å². The number of aryl methyl sites for hydroxylation is 1. The maximum Gasteiger partial charge on any atom is 0.454 e. The normalized spacial score (nSPS) is 12.2. The Morgan fingerprint density at radius 1 is 1.47 bits per heavy atom. The Morgan fingerprint density at radius 3 is 2.40 bits per heavy atom. The Kier molecular flexibility index (Phi) is 2.88. The molecule has 0 spiro atoms. The number of hydrogen-bond acceptors (Lipinski definition) is 2. The highest BCUT2D eigenvalue weighted by Gasteiger charge is 2.41. The highest BCUT2D eigenvalue weighted by Crippen LogP contribution is 2.26. The number of ketones is 1. The van der Waals surface area contributed by atoms with Crippen molar-refractivity contribution < 1.29 is 18.0 Å². The summed E-state index contributed by atoms with van der Waals surface area (Å²) in [6.07, 6.45) is -3.74. The molecule has 6 heteroatoms. The zero-order valence-corrected chi connectivity index (χ0v) is 8.59. The number of carbonyl (C=O) groups excluding carboxylic acids is 1.